The van der Waals surface area contributed by atoms with Gasteiger partial charge in [-0.05, 0) is 12.1 Å². The molecule has 0 atom stereocenters. The standard InChI is InChI=1S/C15H17N3O4/c1-19-12-4-2-3-5-13(12)21-22-14-6-7-16-15(17-14)18-8-10-20-11-9-18/h2-7H,8-11H2,1H3. The van der Waals surface area contributed by atoms with E-state index in [9.17, 15) is 0 Å². The van der Waals surface area contributed by atoms with E-state index in [2.05, 4.69) is 9.97 Å². The van der Waals surface area contributed by atoms with Crippen molar-refractivity contribution in [3.8, 4) is 17.4 Å². The van der Waals surface area contributed by atoms with Crippen LogP contribution in [0.4, 0.5) is 5.95 Å². The summed E-state index contributed by atoms with van der Waals surface area (Å²) >= 11 is 0. The van der Waals surface area contributed by atoms with Gasteiger partial charge in [0.1, 0.15) is 0 Å². The number of aromatic nitrogens is 2. The zero-order valence-electron chi connectivity index (χ0n) is 12.3. The maximum atomic E-state index is 5.32. The van der Waals surface area contributed by atoms with Crippen LogP contribution >= 0.6 is 0 Å². The van der Waals surface area contributed by atoms with Crippen LogP contribution in [0.1, 0.15) is 0 Å². The van der Waals surface area contributed by atoms with E-state index in [4.69, 9.17) is 19.2 Å². The highest BCUT2D eigenvalue weighted by atomic mass is 17.2. The van der Waals surface area contributed by atoms with Gasteiger partial charge in [0.25, 0.3) is 5.88 Å². The number of anilines is 1. The van der Waals surface area contributed by atoms with Crippen LogP contribution in [-0.4, -0.2) is 43.4 Å². The van der Waals surface area contributed by atoms with Crippen molar-refractivity contribution in [3.05, 3.63) is 36.5 Å². The van der Waals surface area contributed by atoms with Crippen molar-refractivity contribution in [1.29, 1.82) is 0 Å². The Labute approximate surface area is 128 Å². The Hall–Kier alpha value is -2.54. The second kappa shape index (κ2) is 6.95. The molecule has 1 aromatic heterocycles. The van der Waals surface area contributed by atoms with E-state index in [1.165, 1.54) is 0 Å². The molecule has 0 bridgehead atoms. The SMILES string of the molecule is COc1ccccc1OOc1ccnc(N2CCOCC2)n1. The van der Waals surface area contributed by atoms with Crippen LogP contribution in [0.5, 0.6) is 17.4 Å². The fraction of sp³-hybridized carbons (Fsp3) is 0.333. The molecule has 0 unspecified atom stereocenters. The molecule has 1 saturated heterocycles. The Balaban J connectivity index is 1.67. The average Bonchev–Trinajstić information content (AvgIpc) is 2.61. The Morgan fingerprint density at radius 3 is 2.59 bits per heavy atom. The second-order valence-corrected chi connectivity index (χ2v) is 4.61. The minimum absolute atomic E-state index is 0.336. The van der Waals surface area contributed by atoms with E-state index >= 15 is 0 Å². The highest BCUT2D eigenvalue weighted by molar-refractivity contribution is 5.39. The van der Waals surface area contributed by atoms with Crippen LogP contribution in [0.15, 0.2) is 36.5 Å². The quantitative estimate of drug-likeness (QED) is 0.615. The molecule has 3 rings (SSSR count). The van der Waals surface area contributed by atoms with Crippen LogP contribution in [0, 0.1) is 0 Å². The molecule has 1 aliphatic rings. The van der Waals surface area contributed by atoms with Gasteiger partial charge in [0, 0.05) is 25.4 Å². The summed E-state index contributed by atoms with van der Waals surface area (Å²) in [6.07, 6.45) is 1.64. The van der Waals surface area contributed by atoms with Gasteiger partial charge in [-0.1, -0.05) is 12.1 Å². The Morgan fingerprint density at radius 2 is 1.82 bits per heavy atom. The van der Waals surface area contributed by atoms with Gasteiger partial charge >= 0.3 is 0 Å². The van der Waals surface area contributed by atoms with Crippen LogP contribution < -0.4 is 19.4 Å². The van der Waals surface area contributed by atoms with E-state index in [1.807, 2.05) is 17.0 Å². The van der Waals surface area contributed by atoms with Gasteiger partial charge in [-0.15, -0.1) is 0 Å². The van der Waals surface area contributed by atoms with Crippen molar-refractivity contribution in [2.24, 2.45) is 0 Å². The van der Waals surface area contributed by atoms with Crippen molar-refractivity contribution in [3.63, 3.8) is 0 Å². The molecule has 0 saturated carbocycles. The van der Waals surface area contributed by atoms with E-state index in [0.717, 1.165) is 13.1 Å². The number of benzene rings is 1. The van der Waals surface area contributed by atoms with Crippen molar-refractivity contribution >= 4 is 5.95 Å². The van der Waals surface area contributed by atoms with Gasteiger partial charge < -0.3 is 14.4 Å². The summed E-state index contributed by atoms with van der Waals surface area (Å²) in [6, 6.07) is 8.87. The minimum atomic E-state index is 0.336. The predicted octanol–water partition coefficient (Wildman–Crippen LogP) is 1.69. The van der Waals surface area contributed by atoms with E-state index in [0.29, 0.717) is 36.5 Å². The number of para-hydroxylation sites is 2. The average molecular weight is 303 g/mol. The number of methoxy groups -OCH3 is 1. The Morgan fingerprint density at radius 1 is 1.05 bits per heavy atom. The van der Waals surface area contributed by atoms with E-state index < -0.39 is 0 Å². The van der Waals surface area contributed by atoms with Crippen LogP contribution in [-0.2, 0) is 4.74 Å². The molecule has 2 heterocycles. The molecule has 2 aromatic rings. The highest BCUT2D eigenvalue weighted by Gasteiger charge is 2.15. The number of hydrogen-bond acceptors (Lipinski definition) is 7. The summed E-state index contributed by atoms with van der Waals surface area (Å²) in [6.45, 7) is 2.87. The summed E-state index contributed by atoms with van der Waals surface area (Å²) in [5.41, 5.74) is 0. The third-order valence-corrected chi connectivity index (χ3v) is 3.20. The van der Waals surface area contributed by atoms with Crippen LogP contribution in [0.2, 0.25) is 0 Å². The molecule has 116 valence electrons. The molecule has 0 aliphatic carbocycles. The number of nitrogens with zero attached hydrogens (tertiary/aromatic N) is 3. The third kappa shape index (κ3) is 3.37. The predicted molar refractivity (Wildman–Crippen MR) is 79.3 cm³/mol. The number of ether oxygens (including phenoxy) is 2. The van der Waals surface area contributed by atoms with E-state index in [-0.39, 0.29) is 0 Å². The molecule has 1 fully saturated rings. The number of rotatable bonds is 5. The van der Waals surface area contributed by atoms with Crippen molar-refractivity contribution in [2.45, 2.75) is 0 Å². The first-order valence-electron chi connectivity index (χ1n) is 7.00. The molecule has 0 amide bonds. The molecule has 0 spiro atoms. The lowest BCUT2D eigenvalue weighted by atomic mass is 10.3. The van der Waals surface area contributed by atoms with E-state index in [1.54, 1.807) is 31.5 Å². The first-order valence-corrected chi connectivity index (χ1v) is 7.00. The summed E-state index contributed by atoms with van der Waals surface area (Å²) in [4.78, 5) is 21.2. The Bertz CT molecular complexity index is 617. The first kappa shape index (κ1) is 14.4. The van der Waals surface area contributed by atoms with Gasteiger partial charge in [0.05, 0.1) is 20.3 Å². The smallest absolute Gasteiger partial charge is 0.274 e. The highest BCUT2D eigenvalue weighted by Crippen LogP contribution is 2.26. The zero-order valence-corrected chi connectivity index (χ0v) is 12.3. The van der Waals surface area contributed by atoms with Gasteiger partial charge in [-0.3, -0.25) is 9.78 Å². The van der Waals surface area contributed by atoms with Crippen LogP contribution in [0.3, 0.4) is 0 Å². The fourth-order valence-corrected chi connectivity index (χ4v) is 2.07. The fourth-order valence-electron chi connectivity index (χ4n) is 2.07. The normalized spacial score (nSPS) is 14.5. The maximum Gasteiger partial charge on any atom is 0.274 e. The largest absolute Gasteiger partial charge is 0.493 e. The second-order valence-electron chi connectivity index (χ2n) is 4.61. The summed E-state index contributed by atoms with van der Waals surface area (Å²) in [7, 11) is 1.57. The lowest BCUT2D eigenvalue weighted by Crippen LogP contribution is -2.37. The first-order chi connectivity index (χ1) is 10.9. The monoisotopic (exact) mass is 303 g/mol. The molecule has 1 aliphatic heterocycles. The molecule has 7 heteroatoms. The molecule has 1 aromatic carbocycles. The van der Waals surface area contributed by atoms with Gasteiger partial charge in [-0.2, -0.15) is 4.98 Å². The summed E-state index contributed by atoms with van der Waals surface area (Å²) in [5.74, 6) is 2.01. The lowest BCUT2D eigenvalue weighted by Gasteiger charge is -2.26. The van der Waals surface area contributed by atoms with Crippen molar-refractivity contribution < 1.29 is 19.2 Å². The number of hydrogen-bond donors (Lipinski definition) is 0. The topological polar surface area (TPSA) is 65.9 Å². The molecule has 0 radical (unpaired) electrons. The van der Waals surface area contributed by atoms with Crippen molar-refractivity contribution in [2.75, 3.05) is 38.3 Å². The van der Waals surface area contributed by atoms with Gasteiger partial charge in [-0.25, -0.2) is 4.98 Å². The molecular formula is C15H17N3O4. The molecule has 0 N–H and O–H groups in total. The lowest BCUT2D eigenvalue weighted by molar-refractivity contribution is -0.106. The number of morpholine rings is 1. The molecule has 22 heavy (non-hydrogen) atoms. The van der Waals surface area contributed by atoms with Crippen LogP contribution in [0.25, 0.3) is 0 Å². The molecule has 7 nitrogen and oxygen atoms in total. The van der Waals surface area contributed by atoms with Gasteiger partial charge in [0.15, 0.2) is 5.75 Å². The third-order valence-electron chi connectivity index (χ3n) is 3.20. The summed E-state index contributed by atoms with van der Waals surface area (Å²) < 4.78 is 10.5. The summed E-state index contributed by atoms with van der Waals surface area (Å²) in [5, 5.41) is 0. The Kier molecular flexibility index (Phi) is 4.55. The van der Waals surface area contributed by atoms with Gasteiger partial charge in [0.2, 0.25) is 11.7 Å². The minimum Gasteiger partial charge on any atom is -0.493 e. The zero-order chi connectivity index (χ0) is 15.2. The van der Waals surface area contributed by atoms with Crippen molar-refractivity contribution in [1.82, 2.24) is 9.97 Å². The molecular weight excluding hydrogens is 286 g/mol. The maximum absolute atomic E-state index is 5.32.